The first-order chi connectivity index (χ1) is 5.72. The summed E-state index contributed by atoms with van der Waals surface area (Å²) in [6, 6.07) is 8.61. The van der Waals surface area contributed by atoms with Gasteiger partial charge in [0.1, 0.15) is 0 Å². The van der Waals surface area contributed by atoms with Crippen LogP contribution >= 0.6 is 15.9 Å². The maximum absolute atomic E-state index is 3.42. The van der Waals surface area contributed by atoms with Crippen LogP contribution in [0.15, 0.2) is 24.3 Å². The lowest BCUT2D eigenvalue weighted by atomic mass is 10.1. The lowest BCUT2D eigenvalue weighted by Gasteiger charge is -2.12. The molecule has 0 aromatic heterocycles. The van der Waals surface area contributed by atoms with Crippen molar-refractivity contribution in [3.05, 3.63) is 35.4 Å². The standard InChI is InChI=1S/C10H14BrN/c1-9-4-3-5-10(6-9)7-12(2)8-11/h3-6H,7-8H2,1-2H3. The Morgan fingerprint density at radius 3 is 2.75 bits per heavy atom. The van der Waals surface area contributed by atoms with E-state index in [9.17, 15) is 0 Å². The summed E-state index contributed by atoms with van der Waals surface area (Å²) >= 11 is 3.42. The summed E-state index contributed by atoms with van der Waals surface area (Å²) in [6.07, 6.45) is 0. The number of alkyl halides is 1. The topological polar surface area (TPSA) is 3.24 Å². The normalized spacial score (nSPS) is 10.7. The third kappa shape index (κ3) is 2.95. The number of nitrogens with zero attached hydrogens (tertiary/aromatic N) is 1. The Labute approximate surface area is 82.5 Å². The molecule has 0 unspecified atom stereocenters. The summed E-state index contributed by atoms with van der Waals surface area (Å²) in [5.74, 6) is 0. The van der Waals surface area contributed by atoms with E-state index in [1.54, 1.807) is 0 Å². The molecule has 0 saturated carbocycles. The van der Waals surface area contributed by atoms with Crippen LogP contribution in [0, 0.1) is 6.92 Å². The lowest BCUT2D eigenvalue weighted by Crippen LogP contribution is -2.14. The number of rotatable bonds is 3. The molecule has 0 amide bonds. The summed E-state index contributed by atoms with van der Waals surface area (Å²) < 4.78 is 0. The molecular formula is C10H14BrN. The molecular weight excluding hydrogens is 214 g/mol. The predicted molar refractivity (Wildman–Crippen MR) is 56.4 cm³/mol. The Kier molecular flexibility index (Phi) is 3.76. The molecule has 0 spiro atoms. The van der Waals surface area contributed by atoms with Gasteiger partial charge in [-0.3, -0.25) is 4.90 Å². The minimum Gasteiger partial charge on any atom is -0.292 e. The van der Waals surface area contributed by atoms with Crippen LogP contribution in [-0.4, -0.2) is 17.4 Å². The minimum absolute atomic E-state index is 0.918. The van der Waals surface area contributed by atoms with Crippen molar-refractivity contribution in [3.63, 3.8) is 0 Å². The molecule has 0 N–H and O–H groups in total. The van der Waals surface area contributed by atoms with E-state index < -0.39 is 0 Å². The first-order valence-electron chi connectivity index (χ1n) is 4.02. The molecule has 66 valence electrons. The molecule has 0 aliphatic heterocycles. The summed E-state index contributed by atoms with van der Waals surface area (Å²) in [4.78, 5) is 2.22. The van der Waals surface area contributed by atoms with Gasteiger partial charge in [0.05, 0.1) is 5.45 Å². The average molecular weight is 228 g/mol. The fourth-order valence-corrected chi connectivity index (χ4v) is 1.34. The van der Waals surface area contributed by atoms with E-state index in [4.69, 9.17) is 0 Å². The van der Waals surface area contributed by atoms with Gasteiger partial charge in [-0.15, -0.1) is 0 Å². The van der Waals surface area contributed by atoms with Gasteiger partial charge in [0, 0.05) is 6.54 Å². The maximum Gasteiger partial charge on any atom is 0.0542 e. The van der Waals surface area contributed by atoms with Crippen LogP contribution in [0.2, 0.25) is 0 Å². The van der Waals surface area contributed by atoms with E-state index in [2.05, 4.69) is 59.1 Å². The number of halogens is 1. The van der Waals surface area contributed by atoms with E-state index in [0.717, 1.165) is 12.0 Å². The van der Waals surface area contributed by atoms with E-state index in [-0.39, 0.29) is 0 Å². The Balaban J connectivity index is 2.63. The van der Waals surface area contributed by atoms with Gasteiger partial charge in [0.2, 0.25) is 0 Å². The van der Waals surface area contributed by atoms with Gasteiger partial charge in [-0.2, -0.15) is 0 Å². The highest BCUT2D eigenvalue weighted by Crippen LogP contribution is 2.06. The smallest absolute Gasteiger partial charge is 0.0542 e. The van der Waals surface area contributed by atoms with Gasteiger partial charge in [0.25, 0.3) is 0 Å². The van der Waals surface area contributed by atoms with Crippen molar-refractivity contribution < 1.29 is 0 Å². The van der Waals surface area contributed by atoms with Gasteiger partial charge in [-0.05, 0) is 19.5 Å². The molecule has 0 saturated heterocycles. The minimum atomic E-state index is 0.918. The van der Waals surface area contributed by atoms with Crippen molar-refractivity contribution >= 4 is 15.9 Å². The third-order valence-corrected chi connectivity index (χ3v) is 2.60. The van der Waals surface area contributed by atoms with Crippen LogP contribution in [0.5, 0.6) is 0 Å². The van der Waals surface area contributed by atoms with Gasteiger partial charge < -0.3 is 0 Å². The summed E-state index contributed by atoms with van der Waals surface area (Å²) in [6.45, 7) is 3.13. The molecule has 0 bridgehead atoms. The molecule has 1 aromatic rings. The van der Waals surface area contributed by atoms with Gasteiger partial charge in [-0.1, -0.05) is 45.8 Å². The summed E-state index contributed by atoms with van der Waals surface area (Å²) in [5, 5.41) is 0. The summed E-state index contributed by atoms with van der Waals surface area (Å²) in [5.41, 5.74) is 3.62. The first-order valence-corrected chi connectivity index (χ1v) is 5.14. The second-order valence-electron chi connectivity index (χ2n) is 3.12. The molecule has 1 nitrogen and oxygen atoms in total. The molecule has 1 rings (SSSR count). The van der Waals surface area contributed by atoms with Gasteiger partial charge >= 0.3 is 0 Å². The van der Waals surface area contributed by atoms with Crippen molar-refractivity contribution in [1.82, 2.24) is 4.90 Å². The number of hydrogen-bond donors (Lipinski definition) is 0. The zero-order valence-corrected chi connectivity index (χ0v) is 9.13. The van der Waals surface area contributed by atoms with Crippen LogP contribution in [-0.2, 0) is 6.54 Å². The highest BCUT2D eigenvalue weighted by Gasteiger charge is 1.97. The maximum atomic E-state index is 3.42. The van der Waals surface area contributed by atoms with Crippen molar-refractivity contribution in [2.45, 2.75) is 13.5 Å². The van der Waals surface area contributed by atoms with Crippen molar-refractivity contribution in [2.75, 3.05) is 12.5 Å². The molecule has 0 aliphatic carbocycles. The first kappa shape index (κ1) is 9.75. The molecule has 0 atom stereocenters. The Bertz CT molecular complexity index is 247. The molecule has 2 heteroatoms. The Hall–Kier alpha value is -0.340. The van der Waals surface area contributed by atoms with E-state index >= 15 is 0 Å². The highest BCUT2D eigenvalue weighted by atomic mass is 79.9. The molecule has 0 aliphatic rings. The molecule has 0 radical (unpaired) electrons. The average Bonchev–Trinajstić information content (AvgIpc) is 2.04. The van der Waals surface area contributed by atoms with Crippen molar-refractivity contribution in [2.24, 2.45) is 0 Å². The van der Waals surface area contributed by atoms with Crippen LogP contribution in [0.1, 0.15) is 11.1 Å². The van der Waals surface area contributed by atoms with Crippen LogP contribution in [0.4, 0.5) is 0 Å². The predicted octanol–water partition coefficient (Wildman–Crippen LogP) is 2.78. The second-order valence-corrected chi connectivity index (χ2v) is 3.62. The zero-order chi connectivity index (χ0) is 8.97. The van der Waals surface area contributed by atoms with Crippen LogP contribution in [0.25, 0.3) is 0 Å². The van der Waals surface area contributed by atoms with Gasteiger partial charge in [-0.25, -0.2) is 0 Å². The second kappa shape index (κ2) is 4.63. The molecule has 1 aromatic carbocycles. The largest absolute Gasteiger partial charge is 0.292 e. The van der Waals surface area contributed by atoms with Crippen LogP contribution in [0.3, 0.4) is 0 Å². The molecule has 0 fully saturated rings. The number of hydrogen-bond acceptors (Lipinski definition) is 1. The van der Waals surface area contributed by atoms with Crippen molar-refractivity contribution in [3.8, 4) is 0 Å². The monoisotopic (exact) mass is 227 g/mol. The van der Waals surface area contributed by atoms with E-state index in [1.807, 2.05) is 0 Å². The van der Waals surface area contributed by atoms with Crippen molar-refractivity contribution in [1.29, 1.82) is 0 Å². The van der Waals surface area contributed by atoms with E-state index in [1.165, 1.54) is 11.1 Å². The SMILES string of the molecule is Cc1cccc(CN(C)CBr)c1. The number of aryl methyl sites for hydroxylation is 1. The van der Waals surface area contributed by atoms with Crippen LogP contribution < -0.4 is 0 Å². The Morgan fingerprint density at radius 2 is 2.17 bits per heavy atom. The highest BCUT2D eigenvalue weighted by molar-refractivity contribution is 9.09. The quantitative estimate of drug-likeness (QED) is 0.568. The van der Waals surface area contributed by atoms with Gasteiger partial charge in [0.15, 0.2) is 0 Å². The fourth-order valence-electron chi connectivity index (χ4n) is 1.16. The lowest BCUT2D eigenvalue weighted by molar-refractivity contribution is 0.390. The third-order valence-electron chi connectivity index (χ3n) is 1.74. The molecule has 0 heterocycles. The van der Waals surface area contributed by atoms with E-state index in [0.29, 0.717) is 0 Å². The fraction of sp³-hybridized carbons (Fsp3) is 0.400. The Morgan fingerprint density at radius 1 is 1.42 bits per heavy atom. The molecule has 12 heavy (non-hydrogen) atoms. The zero-order valence-electron chi connectivity index (χ0n) is 7.55. The number of benzene rings is 1. The summed E-state index contributed by atoms with van der Waals surface area (Å²) in [7, 11) is 2.09.